The number of aromatic amines is 1. The van der Waals surface area contributed by atoms with Crippen LogP contribution >= 0.6 is 11.8 Å². The molecule has 1 aromatic heterocycles. The van der Waals surface area contributed by atoms with E-state index in [-0.39, 0.29) is 21.3 Å². The third-order valence-electron chi connectivity index (χ3n) is 3.87. The summed E-state index contributed by atoms with van der Waals surface area (Å²) >= 11 is 1.03. The SMILES string of the molecule is O=C1C(Sc2ncn[nH]2)=C/C(=N/S(=O)(=O)c2ccc(F)cc2)c2ccccc21. The van der Waals surface area contributed by atoms with Crippen LogP contribution in [0.3, 0.4) is 0 Å². The molecule has 3 aromatic rings. The number of aromatic nitrogens is 3. The molecule has 0 radical (unpaired) electrons. The van der Waals surface area contributed by atoms with E-state index in [1.54, 1.807) is 24.3 Å². The Morgan fingerprint density at radius 2 is 1.75 bits per heavy atom. The predicted octanol–water partition coefficient (Wildman–Crippen LogP) is 2.99. The zero-order valence-corrected chi connectivity index (χ0v) is 15.7. The van der Waals surface area contributed by atoms with E-state index in [0.717, 1.165) is 36.0 Å². The van der Waals surface area contributed by atoms with Crippen LogP contribution in [0.15, 0.2) is 80.3 Å². The van der Waals surface area contributed by atoms with Crippen LogP contribution in [0.5, 0.6) is 0 Å². The molecule has 0 saturated carbocycles. The quantitative estimate of drug-likeness (QED) is 0.704. The van der Waals surface area contributed by atoms with Gasteiger partial charge in [0.15, 0.2) is 5.16 Å². The van der Waals surface area contributed by atoms with Gasteiger partial charge in [0.2, 0.25) is 5.78 Å². The fourth-order valence-corrected chi connectivity index (χ4v) is 4.37. The van der Waals surface area contributed by atoms with Gasteiger partial charge in [-0.3, -0.25) is 9.89 Å². The number of Topliss-reactive ketones (excluding diaryl/α,β-unsaturated/α-hetero) is 1. The van der Waals surface area contributed by atoms with Crippen molar-refractivity contribution in [2.24, 2.45) is 4.40 Å². The summed E-state index contributed by atoms with van der Waals surface area (Å²) in [6.45, 7) is 0. The molecule has 0 spiro atoms. The number of benzene rings is 2. The van der Waals surface area contributed by atoms with E-state index in [1.165, 1.54) is 12.4 Å². The number of nitrogens with zero attached hydrogens (tertiary/aromatic N) is 3. The van der Waals surface area contributed by atoms with Crippen molar-refractivity contribution >= 4 is 33.3 Å². The summed E-state index contributed by atoms with van der Waals surface area (Å²) in [5, 5.41) is 6.76. The first-order valence-electron chi connectivity index (χ1n) is 7.93. The van der Waals surface area contributed by atoms with Crippen LogP contribution in [-0.2, 0) is 10.0 Å². The molecular formula is C18H11FN4O3S2. The fraction of sp³-hybridized carbons (Fsp3) is 0. The topological polar surface area (TPSA) is 105 Å². The lowest BCUT2D eigenvalue weighted by Gasteiger charge is -2.16. The van der Waals surface area contributed by atoms with Crippen LogP contribution < -0.4 is 0 Å². The summed E-state index contributed by atoms with van der Waals surface area (Å²) in [5.74, 6) is -0.819. The average molecular weight is 414 g/mol. The Hall–Kier alpha value is -3.11. The Kier molecular flexibility index (Phi) is 4.65. The van der Waals surface area contributed by atoms with Gasteiger partial charge in [-0.15, -0.1) is 0 Å². The van der Waals surface area contributed by atoms with E-state index in [0.29, 0.717) is 16.3 Å². The molecule has 0 amide bonds. The highest BCUT2D eigenvalue weighted by molar-refractivity contribution is 8.04. The van der Waals surface area contributed by atoms with Gasteiger partial charge in [0.25, 0.3) is 10.0 Å². The van der Waals surface area contributed by atoms with Crippen molar-refractivity contribution in [1.82, 2.24) is 15.2 Å². The Morgan fingerprint density at radius 1 is 1.04 bits per heavy atom. The average Bonchev–Trinajstić information content (AvgIpc) is 3.19. The maximum Gasteiger partial charge on any atom is 0.282 e. The van der Waals surface area contributed by atoms with Gasteiger partial charge >= 0.3 is 0 Å². The first-order valence-corrected chi connectivity index (χ1v) is 10.2. The molecule has 1 N–H and O–H groups in total. The fourth-order valence-electron chi connectivity index (χ4n) is 2.59. The minimum atomic E-state index is -4.10. The van der Waals surface area contributed by atoms with Gasteiger partial charge in [-0.05, 0) is 42.1 Å². The van der Waals surface area contributed by atoms with Crippen LogP contribution in [-0.4, -0.2) is 35.1 Å². The lowest BCUT2D eigenvalue weighted by molar-refractivity contribution is 0.104. The van der Waals surface area contributed by atoms with E-state index in [2.05, 4.69) is 19.6 Å². The number of hydrogen-bond acceptors (Lipinski definition) is 6. The second-order valence-corrected chi connectivity index (χ2v) is 8.32. The molecular weight excluding hydrogens is 403 g/mol. The summed E-state index contributed by atoms with van der Waals surface area (Å²) < 4.78 is 42.3. The second-order valence-electron chi connectivity index (χ2n) is 5.68. The number of halogens is 1. The molecule has 0 fully saturated rings. The van der Waals surface area contributed by atoms with Crippen molar-refractivity contribution in [3.8, 4) is 0 Å². The number of nitrogens with one attached hydrogen (secondary N) is 1. The Morgan fingerprint density at radius 3 is 2.43 bits per heavy atom. The minimum Gasteiger partial charge on any atom is -0.288 e. The van der Waals surface area contributed by atoms with Crippen molar-refractivity contribution in [3.05, 3.63) is 82.8 Å². The largest absolute Gasteiger partial charge is 0.288 e. The summed E-state index contributed by atoms with van der Waals surface area (Å²) in [4.78, 5) is 16.8. The minimum absolute atomic E-state index is 0.113. The summed E-state index contributed by atoms with van der Waals surface area (Å²) in [7, 11) is -4.10. The van der Waals surface area contributed by atoms with E-state index in [1.807, 2.05) is 0 Å². The smallest absolute Gasteiger partial charge is 0.282 e. The molecule has 7 nitrogen and oxygen atoms in total. The normalized spacial score (nSPS) is 15.4. The third kappa shape index (κ3) is 3.51. The number of carbonyl (C=O) groups excluding carboxylic acids is 1. The molecule has 0 saturated heterocycles. The van der Waals surface area contributed by atoms with Crippen molar-refractivity contribution in [2.45, 2.75) is 10.1 Å². The van der Waals surface area contributed by atoms with Gasteiger partial charge in [0.1, 0.15) is 12.1 Å². The van der Waals surface area contributed by atoms with Crippen LogP contribution in [0.1, 0.15) is 15.9 Å². The molecule has 0 bridgehead atoms. The van der Waals surface area contributed by atoms with Gasteiger partial charge in [-0.2, -0.15) is 17.9 Å². The third-order valence-corrected chi connectivity index (χ3v) is 6.09. The molecule has 2 aromatic carbocycles. The molecule has 4 rings (SSSR count). The number of ketones is 1. The second kappa shape index (κ2) is 7.13. The standard InChI is InChI=1S/C18H11FN4O3S2/c19-11-5-7-12(8-6-11)28(25,26)23-15-9-16(27-18-20-10-21-22-18)17(24)14-4-2-1-3-13(14)15/h1-10H,(H,20,21,22)/b23-15-. The Labute approximate surface area is 163 Å². The predicted molar refractivity (Wildman–Crippen MR) is 101 cm³/mol. The molecule has 0 aliphatic heterocycles. The van der Waals surface area contributed by atoms with Gasteiger partial charge < -0.3 is 0 Å². The zero-order chi connectivity index (χ0) is 19.7. The number of thioether (sulfide) groups is 1. The number of carbonyl (C=O) groups is 1. The lowest BCUT2D eigenvalue weighted by atomic mass is 9.94. The Balaban J connectivity index is 1.82. The molecule has 1 aliphatic carbocycles. The first-order chi connectivity index (χ1) is 13.4. The molecule has 1 aliphatic rings. The maximum absolute atomic E-state index is 13.1. The van der Waals surface area contributed by atoms with Crippen molar-refractivity contribution in [2.75, 3.05) is 0 Å². The van der Waals surface area contributed by atoms with Gasteiger partial charge in [0.05, 0.1) is 15.5 Å². The Bertz CT molecular complexity index is 1220. The number of rotatable bonds is 4. The van der Waals surface area contributed by atoms with E-state index < -0.39 is 15.8 Å². The van der Waals surface area contributed by atoms with Crippen LogP contribution in [0.4, 0.5) is 4.39 Å². The molecule has 1 heterocycles. The van der Waals surface area contributed by atoms with Crippen LogP contribution in [0, 0.1) is 5.82 Å². The van der Waals surface area contributed by atoms with Crippen molar-refractivity contribution in [3.63, 3.8) is 0 Å². The van der Waals surface area contributed by atoms with Gasteiger partial charge in [-0.25, -0.2) is 9.37 Å². The highest BCUT2D eigenvalue weighted by Gasteiger charge is 2.27. The maximum atomic E-state index is 13.1. The number of H-pyrrole nitrogens is 1. The number of fused-ring (bicyclic) bond motifs is 1. The zero-order valence-electron chi connectivity index (χ0n) is 14.0. The molecule has 28 heavy (non-hydrogen) atoms. The molecule has 10 heteroatoms. The highest BCUT2D eigenvalue weighted by atomic mass is 32.2. The lowest BCUT2D eigenvalue weighted by Crippen LogP contribution is -2.17. The monoisotopic (exact) mass is 414 g/mol. The number of sulfonamides is 1. The number of allylic oxidation sites excluding steroid dienone is 2. The molecule has 0 atom stereocenters. The van der Waals surface area contributed by atoms with Crippen molar-refractivity contribution in [1.29, 1.82) is 0 Å². The van der Waals surface area contributed by atoms with E-state index in [4.69, 9.17) is 0 Å². The highest BCUT2D eigenvalue weighted by Crippen LogP contribution is 2.32. The van der Waals surface area contributed by atoms with E-state index in [9.17, 15) is 17.6 Å². The van der Waals surface area contributed by atoms with Crippen LogP contribution in [0.2, 0.25) is 0 Å². The molecule has 0 unspecified atom stereocenters. The van der Waals surface area contributed by atoms with Crippen molar-refractivity contribution < 1.29 is 17.6 Å². The van der Waals surface area contributed by atoms with E-state index >= 15 is 0 Å². The number of hydrogen-bond donors (Lipinski definition) is 1. The van der Waals surface area contributed by atoms with Crippen LogP contribution in [0.25, 0.3) is 0 Å². The summed E-state index contributed by atoms with van der Waals surface area (Å²) in [6.07, 6.45) is 2.71. The summed E-state index contributed by atoms with van der Waals surface area (Å²) in [5.41, 5.74) is 0.849. The first kappa shape index (κ1) is 18.3. The summed E-state index contributed by atoms with van der Waals surface area (Å²) in [6, 6.07) is 11.0. The van der Waals surface area contributed by atoms with Gasteiger partial charge in [-0.1, -0.05) is 24.3 Å². The molecule has 140 valence electrons. The van der Waals surface area contributed by atoms with Gasteiger partial charge in [0, 0.05) is 11.1 Å².